The number of hydrogen-bond acceptors (Lipinski definition) is 5. The van der Waals surface area contributed by atoms with E-state index in [4.69, 9.17) is 5.11 Å². The minimum atomic E-state index is -0.989. The summed E-state index contributed by atoms with van der Waals surface area (Å²) >= 11 is 0. The zero-order valence-electron chi connectivity index (χ0n) is 13.1. The van der Waals surface area contributed by atoms with Crippen molar-refractivity contribution in [1.29, 1.82) is 0 Å². The van der Waals surface area contributed by atoms with Crippen molar-refractivity contribution < 1.29 is 19.6 Å². The largest absolute Gasteiger partial charge is 0.481 e. The Morgan fingerprint density at radius 3 is 2.75 bits per heavy atom. The summed E-state index contributed by atoms with van der Waals surface area (Å²) in [6.45, 7) is 1.56. The van der Waals surface area contributed by atoms with E-state index in [1.807, 2.05) is 0 Å². The van der Waals surface area contributed by atoms with E-state index < -0.39 is 22.7 Å². The SMILES string of the molecule is CC(CN(C)C(=O)c1ccn(-c2cccc([N+](=O)[O-])c2)n1)C(=O)O. The molecule has 2 aromatic rings. The van der Waals surface area contributed by atoms with Crippen LogP contribution in [-0.2, 0) is 4.79 Å². The molecule has 1 amide bonds. The van der Waals surface area contributed by atoms with Crippen molar-refractivity contribution >= 4 is 17.6 Å². The van der Waals surface area contributed by atoms with Gasteiger partial charge in [-0.2, -0.15) is 5.10 Å². The highest BCUT2D eigenvalue weighted by Gasteiger charge is 2.20. The Morgan fingerprint density at radius 1 is 1.42 bits per heavy atom. The quantitative estimate of drug-likeness (QED) is 0.633. The Bertz CT molecular complexity index is 786. The molecule has 9 nitrogen and oxygen atoms in total. The van der Waals surface area contributed by atoms with E-state index in [2.05, 4.69) is 5.10 Å². The summed E-state index contributed by atoms with van der Waals surface area (Å²) in [6, 6.07) is 7.34. The van der Waals surface area contributed by atoms with Crippen molar-refractivity contribution in [1.82, 2.24) is 14.7 Å². The highest BCUT2D eigenvalue weighted by Crippen LogP contribution is 2.16. The van der Waals surface area contributed by atoms with E-state index >= 15 is 0 Å². The van der Waals surface area contributed by atoms with Crippen LogP contribution in [0.1, 0.15) is 17.4 Å². The highest BCUT2D eigenvalue weighted by atomic mass is 16.6. The summed E-state index contributed by atoms with van der Waals surface area (Å²) in [5.74, 6) is -2.11. The lowest BCUT2D eigenvalue weighted by atomic mass is 10.2. The number of carbonyl (C=O) groups excluding carboxylic acids is 1. The van der Waals surface area contributed by atoms with Gasteiger partial charge in [0, 0.05) is 31.9 Å². The van der Waals surface area contributed by atoms with E-state index in [1.165, 1.54) is 54.0 Å². The molecular formula is C15H16N4O5. The number of amides is 1. The lowest BCUT2D eigenvalue weighted by Gasteiger charge is -2.18. The number of nitro groups is 1. The van der Waals surface area contributed by atoms with Crippen molar-refractivity contribution in [2.24, 2.45) is 5.92 Å². The van der Waals surface area contributed by atoms with Crippen molar-refractivity contribution in [3.05, 3.63) is 52.3 Å². The Morgan fingerprint density at radius 2 is 2.12 bits per heavy atom. The number of nitro benzene ring substituents is 1. The fraction of sp³-hybridized carbons (Fsp3) is 0.267. The molecule has 1 unspecified atom stereocenters. The summed E-state index contributed by atoms with van der Waals surface area (Å²) in [5.41, 5.74) is 0.495. The number of rotatable bonds is 6. The number of aliphatic carboxylic acids is 1. The molecule has 2 rings (SSSR count). The lowest BCUT2D eigenvalue weighted by molar-refractivity contribution is -0.384. The van der Waals surface area contributed by atoms with Gasteiger partial charge in [0.25, 0.3) is 11.6 Å². The second-order valence-corrected chi connectivity index (χ2v) is 5.35. The highest BCUT2D eigenvalue weighted by molar-refractivity contribution is 5.92. The first-order chi connectivity index (χ1) is 11.3. The fourth-order valence-corrected chi connectivity index (χ4v) is 2.10. The Hall–Kier alpha value is -3.23. The van der Waals surface area contributed by atoms with Gasteiger partial charge in [0.2, 0.25) is 0 Å². The molecule has 9 heteroatoms. The average molecular weight is 332 g/mol. The molecule has 126 valence electrons. The van der Waals surface area contributed by atoms with Crippen LogP contribution in [0.25, 0.3) is 5.69 Å². The van der Waals surface area contributed by atoms with E-state index in [0.717, 1.165) is 0 Å². The number of benzene rings is 1. The number of carboxylic acid groups (broad SMARTS) is 1. The van der Waals surface area contributed by atoms with Crippen molar-refractivity contribution in [2.75, 3.05) is 13.6 Å². The lowest BCUT2D eigenvalue weighted by Crippen LogP contribution is -2.34. The summed E-state index contributed by atoms with van der Waals surface area (Å²) in [7, 11) is 1.49. The maximum Gasteiger partial charge on any atom is 0.308 e. The van der Waals surface area contributed by atoms with Gasteiger partial charge in [0.15, 0.2) is 5.69 Å². The van der Waals surface area contributed by atoms with Gasteiger partial charge in [-0.1, -0.05) is 13.0 Å². The van der Waals surface area contributed by atoms with Crippen molar-refractivity contribution in [2.45, 2.75) is 6.92 Å². The van der Waals surface area contributed by atoms with Crippen molar-refractivity contribution in [3.63, 3.8) is 0 Å². The van der Waals surface area contributed by atoms with Crippen LogP contribution in [0, 0.1) is 16.0 Å². The van der Waals surface area contributed by atoms with Gasteiger partial charge in [-0.3, -0.25) is 19.7 Å². The Labute approximate surface area is 137 Å². The molecule has 0 aliphatic carbocycles. The molecule has 0 aliphatic heterocycles. The first-order valence-electron chi connectivity index (χ1n) is 7.08. The molecule has 0 saturated heterocycles. The van der Waals surface area contributed by atoms with Crippen LogP contribution in [0.4, 0.5) is 5.69 Å². The van der Waals surface area contributed by atoms with Crippen LogP contribution in [0.5, 0.6) is 0 Å². The maximum absolute atomic E-state index is 12.3. The third-order valence-corrected chi connectivity index (χ3v) is 3.43. The molecule has 1 atom stereocenters. The minimum Gasteiger partial charge on any atom is -0.481 e. The summed E-state index contributed by atoms with van der Waals surface area (Å²) < 4.78 is 1.36. The van der Waals surface area contributed by atoms with Crippen LogP contribution in [-0.4, -0.2) is 50.2 Å². The predicted molar refractivity (Wildman–Crippen MR) is 84.0 cm³/mol. The van der Waals surface area contributed by atoms with E-state index in [0.29, 0.717) is 5.69 Å². The van der Waals surface area contributed by atoms with Gasteiger partial charge in [-0.05, 0) is 12.1 Å². The van der Waals surface area contributed by atoms with Crippen molar-refractivity contribution in [3.8, 4) is 5.69 Å². The fourth-order valence-electron chi connectivity index (χ4n) is 2.10. The molecule has 0 spiro atoms. The van der Waals surface area contributed by atoms with E-state index in [-0.39, 0.29) is 17.9 Å². The van der Waals surface area contributed by atoms with Gasteiger partial charge in [-0.15, -0.1) is 0 Å². The number of carbonyl (C=O) groups is 2. The Kier molecular flexibility index (Phi) is 4.93. The molecule has 1 N–H and O–H groups in total. The molecule has 0 saturated carbocycles. The van der Waals surface area contributed by atoms with Crippen LogP contribution in [0.15, 0.2) is 36.5 Å². The van der Waals surface area contributed by atoms with Crippen LogP contribution in [0.2, 0.25) is 0 Å². The molecule has 1 aromatic carbocycles. The number of non-ortho nitro benzene ring substituents is 1. The van der Waals surface area contributed by atoms with Gasteiger partial charge in [0.05, 0.1) is 16.5 Å². The topological polar surface area (TPSA) is 119 Å². The number of hydrogen-bond donors (Lipinski definition) is 1. The first-order valence-corrected chi connectivity index (χ1v) is 7.08. The number of nitrogens with zero attached hydrogens (tertiary/aromatic N) is 4. The predicted octanol–water partition coefficient (Wildman–Crippen LogP) is 1.57. The monoisotopic (exact) mass is 332 g/mol. The number of aromatic nitrogens is 2. The third kappa shape index (κ3) is 3.75. The molecule has 24 heavy (non-hydrogen) atoms. The summed E-state index contributed by atoms with van der Waals surface area (Å²) in [6.07, 6.45) is 1.51. The molecule has 0 fully saturated rings. The maximum atomic E-state index is 12.3. The number of carboxylic acids is 1. The average Bonchev–Trinajstić information content (AvgIpc) is 3.03. The van der Waals surface area contributed by atoms with E-state index in [1.54, 1.807) is 6.07 Å². The molecule has 0 bridgehead atoms. The van der Waals surface area contributed by atoms with Crippen LogP contribution >= 0.6 is 0 Å². The summed E-state index contributed by atoms with van der Waals surface area (Å²) in [5, 5.41) is 23.8. The Balaban J connectivity index is 2.18. The molecule has 0 aliphatic rings. The minimum absolute atomic E-state index is 0.0534. The van der Waals surface area contributed by atoms with Gasteiger partial charge in [0.1, 0.15) is 0 Å². The molecular weight excluding hydrogens is 316 g/mol. The van der Waals surface area contributed by atoms with Gasteiger partial charge >= 0.3 is 5.97 Å². The first kappa shape index (κ1) is 17.1. The molecule has 1 heterocycles. The van der Waals surface area contributed by atoms with Crippen LogP contribution in [0.3, 0.4) is 0 Å². The zero-order chi connectivity index (χ0) is 17.9. The van der Waals surface area contributed by atoms with E-state index in [9.17, 15) is 19.7 Å². The second kappa shape index (κ2) is 6.90. The normalized spacial score (nSPS) is 11.8. The van der Waals surface area contributed by atoms with Gasteiger partial charge in [-0.25, -0.2) is 4.68 Å². The molecule has 0 radical (unpaired) electrons. The van der Waals surface area contributed by atoms with Crippen LogP contribution < -0.4 is 0 Å². The van der Waals surface area contributed by atoms with Gasteiger partial charge < -0.3 is 10.0 Å². The standard InChI is InChI=1S/C15H16N4O5/c1-10(15(21)22)9-17(2)14(20)13-6-7-18(16-13)11-4-3-5-12(8-11)19(23)24/h3-8,10H,9H2,1-2H3,(H,21,22). The third-order valence-electron chi connectivity index (χ3n) is 3.43. The zero-order valence-corrected chi connectivity index (χ0v) is 13.1. The second-order valence-electron chi connectivity index (χ2n) is 5.35. The smallest absolute Gasteiger partial charge is 0.308 e. The summed E-state index contributed by atoms with van der Waals surface area (Å²) in [4.78, 5) is 34.7. The molecule has 1 aromatic heterocycles.